The Morgan fingerprint density at radius 3 is 2.81 bits per heavy atom. The summed E-state index contributed by atoms with van der Waals surface area (Å²) in [4.78, 5) is 12.3. The highest BCUT2D eigenvalue weighted by atomic mass is 16.5. The van der Waals surface area contributed by atoms with Crippen LogP contribution < -0.4 is 10.2 Å². The van der Waals surface area contributed by atoms with Gasteiger partial charge in [-0.15, -0.1) is 0 Å². The number of aromatic nitrogens is 2. The van der Waals surface area contributed by atoms with E-state index in [4.69, 9.17) is 4.74 Å². The predicted octanol–water partition coefficient (Wildman–Crippen LogP) is 3.34. The first kappa shape index (κ1) is 18.2. The average molecular weight is 364 g/mol. The lowest BCUT2D eigenvalue weighted by atomic mass is 10.1. The lowest BCUT2D eigenvalue weighted by Gasteiger charge is -2.03. The molecule has 1 heterocycles. The number of hydrazone groups is 1. The predicted molar refractivity (Wildman–Crippen MR) is 103 cm³/mol. The first-order valence-corrected chi connectivity index (χ1v) is 8.49. The number of nitrogens with one attached hydrogen (secondary N) is 2. The lowest BCUT2D eigenvalue weighted by Crippen LogP contribution is -2.19. The monoisotopic (exact) mass is 364 g/mol. The third-order valence-corrected chi connectivity index (χ3v) is 3.85. The molecule has 27 heavy (non-hydrogen) atoms. The third-order valence-electron chi connectivity index (χ3n) is 3.85. The molecule has 7 heteroatoms. The number of phenols is 1. The third kappa shape index (κ3) is 4.52. The fraction of sp³-hybridized carbons (Fsp3) is 0.150. The second-order valence-corrected chi connectivity index (χ2v) is 5.82. The molecule has 7 nitrogen and oxygen atoms in total. The van der Waals surface area contributed by atoms with E-state index < -0.39 is 5.91 Å². The molecule has 0 aliphatic rings. The van der Waals surface area contributed by atoms with E-state index in [1.165, 1.54) is 0 Å². The Hall–Kier alpha value is -3.61. The molecule has 0 fully saturated rings. The zero-order valence-corrected chi connectivity index (χ0v) is 15.1. The number of H-pyrrole nitrogens is 1. The van der Waals surface area contributed by atoms with Gasteiger partial charge in [0.2, 0.25) is 0 Å². The van der Waals surface area contributed by atoms with Crippen molar-refractivity contribution in [3.8, 4) is 22.8 Å². The molecule has 2 aromatic carbocycles. The normalized spacial score (nSPS) is 11.3. The lowest BCUT2D eigenvalue weighted by molar-refractivity contribution is 0.0950. The van der Waals surface area contributed by atoms with Gasteiger partial charge in [0.25, 0.3) is 5.91 Å². The largest absolute Gasteiger partial charge is 0.508 e. The molecule has 0 atom stereocenters. The van der Waals surface area contributed by atoms with E-state index in [2.05, 4.69) is 20.7 Å². The van der Waals surface area contributed by atoms with E-state index >= 15 is 0 Å². The maximum atomic E-state index is 12.3. The summed E-state index contributed by atoms with van der Waals surface area (Å²) in [5, 5.41) is 20.5. The number of amides is 1. The summed E-state index contributed by atoms with van der Waals surface area (Å²) >= 11 is 0. The molecule has 3 aromatic rings. The SMILES string of the molecule is CCOc1cccc(-c2cc(C(=O)N/N=C(/C)c3cccc(O)c3)[nH]n2)c1. The van der Waals surface area contributed by atoms with Crippen LogP contribution in [0.2, 0.25) is 0 Å². The number of carbonyl (C=O) groups excluding carboxylic acids is 1. The van der Waals surface area contributed by atoms with E-state index in [1.807, 2.05) is 31.2 Å². The molecule has 0 saturated carbocycles. The van der Waals surface area contributed by atoms with Gasteiger partial charge in [0.15, 0.2) is 0 Å². The summed E-state index contributed by atoms with van der Waals surface area (Å²) in [6.07, 6.45) is 0. The molecule has 0 spiro atoms. The zero-order valence-electron chi connectivity index (χ0n) is 15.1. The highest BCUT2D eigenvalue weighted by Crippen LogP contribution is 2.22. The van der Waals surface area contributed by atoms with E-state index in [-0.39, 0.29) is 5.75 Å². The van der Waals surface area contributed by atoms with Gasteiger partial charge >= 0.3 is 0 Å². The summed E-state index contributed by atoms with van der Waals surface area (Å²) in [5.41, 5.74) is 5.54. The van der Waals surface area contributed by atoms with Crippen molar-refractivity contribution in [2.24, 2.45) is 5.10 Å². The quantitative estimate of drug-likeness (QED) is 0.461. The fourth-order valence-corrected chi connectivity index (χ4v) is 2.49. The molecule has 0 unspecified atom stereocenters. The van der Waals surface area contributed by atoms with Crippen molar-refractivity contribution in [2.75, 3.05) is 6.61 Å². The van der Waals surface area contributed by atoms with Gasteiger partial charge in [-0.3, -0.25) is 9.89 Å². The molecule has 3 rings (SSSR count). The number of nitrogens with zero attached hydrogens (tertiary/aromatic N) is 2. The van der Waals surface area contributed by atoms with Crippen LogP contribution in [0.25, 0.3) is 11.3 Å². The molecule has 1 amide bonds. The maximum Gasteiger partial charge on any atom is 0.289 e. The van der Waals surface area contributed by atoms with Crippen LogP contribution >= 0.6 is 0 Å². The topological polar surface area (TPSA) is 99.6 Å². The summed E-state index contributed by atoms with van der Waals surface area (Å²) in [6, 6.07) is 15.8. The number of aromatic hydroxyl groups is 1. The van der Waals surface area contributed by atoms with Crippen molar-refractivity contribution in [3.63, 3.8) is 0 Å². The van der Waals surface area contributed by atoms with Crippen molar-refractivity contribution in [1.82, 2.24) is 15.6 Å². The zero-order chi connectivity index (χ0) is 19.2. The smallest absolute Gasteiger partial charge is 0.289 e. The van der Waals surface area contributed by atoms with Crippen LogP contribution in [-0.4, -0.2) is 33.5 Å². The highest BCUT2D eigenvalue weighted by Gasteiger charge is 2.11. The Balaban J connectivity index is 1.71. The Bertz CT molecular complexity index is 979. The fourth-order valence-electron chi connectivity index (χ4n) is 2.49. The van der Waals surface area contributed by atoms with Gasteiger partial charge in [0.1, 0.15) is 17.2 Å². The van der Waals surface area contributed by atoms with E-state index in [9.17, 15) is 9.90 Å². The Kier molecular flexibility index (Phi) is 5.51. The van der Waals surface area contributed by atoms with E-state index in [0.29, 0.717) is 29.3 Å². The number of aromatic amines is 1. The van der Waals surface area contributed by atoms with Crippen LogP contribution in [0.4, 0.5) is 0 Å². The average Bonchev–Trinajstić information content (AvgIpc) is 3.17. The molecule has 3 N–H and O–H groups in total. The van der Waals surface area contributed by atoms with Gasteiger partial charge in [-0.25, -0.2) is 5.43 Å². The molecule has 1 aromatic heterocycles. The Labute approximate surface area is 156 Å². The first-order chi connectivity index (χ1) is 13.1. The molecule has 0 aliphatic heterocycles. The number of phenolic OH excluding ortho intramolecular Hbond substituents is 1. The van der Waals surface area contributed by atoms with Crippen molar-refractivity contribution in [1.29, 1.82) is 0 Å². The first-order valence-electron chi connectivity index (χ1n) is 8.49. The van der Waals surface area contributed by atoms with Crippen molar-refractivity contribution < 1.29 is 14.6 Å². The van der Waals surface area contributed by atoms with Gasteiger partial charge in [0.05, 0.1) is 18.0 Å². The summed E-state index contributed by atoms with van der Waals surface area (Å²) in [5.74, 6) is 0.477. The van der Waals surface area contributed by atoms with Gasteiger partial charge in [-0.1, -0.05) is 24.3 Å². The molecule has 0 radical (unpaired) electrons. The summed E-state index contributed by atoms with van der Waals surface area (Å²) in [7, 11) is 0. The summed E-state index contributed by atoms with van der Waals surface area (Å²) in [6.45, 7) is 4.24. The van der Waals surface area contributed by atoms with E-state index in [1.54, 1.807) is 37.3 Å². The minimum atomic E-state index is -0.408. The minimum absolute atomic E-state index is 0.140. The number of ether oxygens (including phenoxy) is 1. The van der Waals surface area contributed by atoms with Gasteiger partial charge in [-0.2, -0.15) is 10.2 Å². The van der Waals surface area contributed by atoms with Crippen LogP contribution in [0, 0.1) is 0 Å². The van der Waals surface area contributed by atoms with Crippen LogP contribution in [0.3, 0.4) is 0 Å². The second kappa shape index (κ2) is 8.18. The number of rotatable bonds is 6. The molecule has 0 saturated heterocycles. The number of carbonyl (C=O) groups is 1. The van der Waals surface area contributed by atoms with E-state index in [0.717, 1.165) is 11.3 Å². The standard InChI is InChI=1S/C20H20N4O3/c1-3-27-17-9-5-7-15(11-17)18-12-19(23-22-18)20(26)24-21-13(2)14-6-4-8-16(25)10-14/h4-12,25H,3H2,1-2H3,(H,22,23)(H,24,26)/b21-13-. The Morgan fingerprint density at radius 1 is 1.22 bits per heavy atom. The van der Waals surface area contributed by atoms with Crippen molar-refractivity contribution >= 4 is 11.6 Å². The Morgan fingerprint density at radius 2 is 2.04 bits per heavy atom. The minimum Gasteiger partial charge on any atom is -0.508 e. The van der Waals surface area contributed by atoms with Gasteiger partial charge in [-0.05, 0) is 44.2 Å². The molecular formula is C20H20N4O3. The highest BCUT2D eigenvalue weighted by molar-refractivity contribution is 6.00. The second-order valence-electron chi connectivity index (χ2n) is 5.82. The van der Waals surface area contributed by atoms with Crippen LogP contribution in [0.1, 0.15) is 29.9 Å². The van der Waals surface area contributed by atoms with Crippen molar-refractivity contribution in [2.45, 2.75) is 13.8 Å². The van der Waals surface area contributed by atoms with Crippen LogP contribution in [0.15, 0.2) is 59.7 Å². The maximum absolute atomic E-state index is 12.3. The number of hydrogen-bond acceptors (Lipinski definition) is 5. The molecule has 0 aliphatic carbocycles. The van der Waals surface area contributed by atoms with Gasteiger partial charge in [0, 0.05) is 11.1 Å². The molecule has 0 bridgehead atoms. The van der Waals surface area contributed by atoms with Crippen molar-refractivity contribution in [3.05, 3.63) is 65.9 Å². The van der Waals surface area contributed by atoms with Gasteiger partial charge < -0.3 is 9.84 Å². The van der Waals surface area contributed by atoms with Crippen LogP contribution in [0.5, 0.6) is 11.5 Å². The molecular weight excluding hydrogens is 344 g/mol. The summed E-state index contributed by atoms with van der Waals surface area (Å²) < 4.78 is 5.48. The number of benzene rings is 2. The molecule has 138 valence electrons. The van der Waals surface area contributed by atoms with Crippen LogP contribution in [-0.2, 0) is 0 Å². The number of hydrogen-bond donors (Lipinski definition) is 3.